The molecule has 0 atom stereocenters. The van der Waals surface area contributed by atoms with Crippen molar-refractivity contribution in [2.75, 3.05) is 31.2 Å². The molecule has 140 valence electrons. The maximum absolute atomic E-state index is 11.2. The number of anilines is 1. The molecule has 0 unspecified atom stereocenters. The highest BCUT2D eigenvalue weighted by Gasteiger charge is 2.23. The van der Waals surface area contributed by atoms with Crippen molar-refractivity contribution in [1.82, 2.24) is 24.9 Å². The number of aromatic nitrogens is 5. The minimum absolute atomic E-state index is 0.0934. The second kappa shape index (κ2) is 6.50. The molecule has 5 rings (SSSR count). The van der Waals surface area contributed by atoms with Gasteiger partial charge in [0.15, 0.2) is 22.9 Å². The molecule has 5 heterocycles. The number of fused-ring (bicyclic) bond motifs is 3. The molecule has 0 aliphatic carbocycles. The number of carboxylic acids is 1. The van der Waals surface area contributed by atoms with E-state index in [1.165, 1.54) is 12.4 Å². The van der Waals surface area contributed by atoms with Gasteiger partial charge in [-0.3, -0.25) is 0 Å². The Balaban J connectivity index is 1.78. The van der Waals surface area contributed by atoms with Gasteiger partial charge in [-0.15, -0.1) is 0 Å². The Hall–Kier alpha value is -3.66. The number of hydrogen-bond donors (Lipinski definition) is 1. The van der Waals surface area contributed by atoms with Crippen LogP contribution in [-0.2, 0) is 4.74 Å². The lowest BCUT2D eigenvalue weighted by atomic mass is 10.2. The van der Waals surface area contributed by atoms with Crippen molar-refractivity contribution < 1.29 is 19.1 Å². The van der Waals surface area contributed by atoms with Crippen LogP contribution in [0.4, 0.5) is 5.82 Å². The Bertz CT molecular complexity index is 1190. The number of carbonyl (C=O) groups is 1. The summed E-state index contributed by atoms with van der Waals surface area (Å²) < 4.78 is 11.3. The standard InChI is InChI=1S/C18H14N6O4/c25-18(26)12-2-1-11-13-14(28-17(11)21-12)16(24-3-5-27-6-4-24)23-15(22-13)10-7-19-9-20-8-10/h1-2,7-9H,3-6H2,(H,25,26). The molecule has 0 saturated carbocycles. The number of rotatable bonds is 3. The van der Waals surface area contributed by atoms with Gasteiger partial charge in [0.1, 0.15) is 11.8 Å². The lowest BCUT2D eigenvalue weighted by Crippen LogP contribution is -2.37. The smallest absolute Gasteiger partial charge is 0.354 e. The first-order chi connectivity index (χ1) is 13.7. The molecule has 1 saturated heterocycles. The predicted octanol–water partition coefficient (Wildman–Crippen LogP) is 1.76. The molecule has 1 fully saturated rings. The summed E-state index contributed by atoms with van der Waals surface area (Å²) in [4.78, 5) is 34.8. The van der Waals surface area contributed by atoms with Gasteiger partial charge in [-0.1, -0.05) is 0 Å². The van der Waals surface area contributed by atoms with E-state index in [2.05, 4.69) is 29.8 Å². The average molecular weight is 378 g/mol. The molecule has 4 aromatic heterocycles. The molecule has 0 amide bonds. The molecule has 0 radical (unpaired) electrons. The van der Waals surface area contributed by atoms with Gasteiger partial charge in [-0.05, 0) is 12.1 Å². The SMILES string of the molecule is O=C(O)c1ccc2c(n1)oc1c(N3CCOCC3)nc(-c3cncnc3)nc12. The molecular formula is C18H14N6O4. The summed E-state index contributed by atoms with van der Waals surface area (Å²) in [5.41, 5.74) is 1.81. The molecule has 28 heavy (non-hydrogen) atoms. The van der Waals surface area contributed by atoms with Crippen LogP contribution < -0.4 is 4.90 Å². The van der Waals surface area contributed by atoms with Crippen molar-refractivity contribution >= 4 is 34.0 Å². The Kier molecular flexibility index (Phi) is 3.83. The number of furan rings is 1. The Morgan fingerprint density at radius 2 is 1.86 bits per heavy atom. The van der Waals surface area contributed by atoms with Crippen molar-refractivity contribution in [1.29, 1.82) is 0 Å². The van der Waals surface area contributed by atoms with Crippen LogP contribution in [0.2, 0.25) is 0 Å². The maximum atomic E-state index is 11.2. The van der Waals surface area contributed by atoms with E-state index in [9.17, 15) is 9.90 Å². The van der Waals surface area contributed by atoms with Crippen LogP contribution in [-0.4, -0.2) is 62.3 Å². The Labute approximate surface area is 157 Å². The Morgan fingerprint density at radius 1 is 1.07 bits per heavy atom. The summed E-state index contributed by atoms with van der Waals surface area (Å²) in [5, 5.41) is 9.82. The van der Waals surface area contributed by atoms with E-state index in [0.717, 1.165) is 0 Å². The number of ether oxygens (including phenoxy) is 1. The van der Waals surface area contributed by atoms with E-state index in [0.29, 0.717) is 60.0 Å². The molecule has 10 heteroatoms. The number of nitrogens with zero attached hydrogens (tertiary/aromatic N) is 6. The number of pyridine rings is 1. The fourth-order valence-corrected chi connectivity index (χ4v) is 3.16. The molecule has 1 aliphatic heterocycles. The minimum Gasteiger partial charge on any atom is -0.477 e. The minimum atomic E-state index is -1.12. The van der Waals surface area contributed by atoms with Crippen molar-refractivity contribution in [2.24, 2.45) is 0 Å². The van der Waals surface area contributed by atoms with E-state index in [1.807, 2.05) is 0 Å². The largest absolute Gasteiger partial charge is 0.477 e. The normalized spacial score (nSPS) is 14.6. The van der Waals surface area contributed by atoms with Crippen LogP contribution in [0.5, 0.6) is 0 Å². The zero-order valence-corrected chi connectivity index (χ0v) is 14.6. The average Bonchev–Trinajstić information content (AvgIpc) is 3.12. The van der Waals surface area contributed by atoms with Gasteiger partial charge in [-0.2, -0.15) is 0 Å². The summed E-state index contributed by atoms with van der Waals surface area (Å²) in [7, 11) is 0. The molecule has 4 aromatic rings. The van der Waals surface area contributed by atoms with Crippen molar-refractivity contribution in [2.45, 2.75) is 0 Å². The number of aromatic carboxylic acids is 1. The summed E-state index contributed by atoms with van der Waals surface area (Å²) in [6.07, 6.45) is 4.72. The lowest BCUT2D eigenvalue weighted by molar-refractivity contribution is 0.0690. The van der Waals surface area contributed by atoms with Gasteiger partial charge in [0.05, 0.1) is 24.2 Å². The number of morpholine rings is 1. The van der Waals surface area contributed by atoms with Gasteiger partial charge in [0.2, 0.25) is 5.71 Å². The highest BCUT2D eigenvalue weighted by molar-refractivity contribution is 6.06. The van der Waals surface area contributed by atoms with Gasteiger partial charge < -0.3 is 19.2 Å². The van der Waals surface area contributed by atoms with Gasteiger partial charge in [0, 0.05) is 25.5 Å². The fraction of sp³-hybridized carbons (Fsp3) is 0.222. The van der Waals surface area contributed by atoms with Crippen LogP contribution in [0.25, 0.3) is 33.6 Å². The summed E-state index contributed by atoms with van der Waals surface area (Å²) in [6.45, 7) is 2.47. The first-order valence-corrected chi connectivity index (χ1v) is 8.63. The first kappa shape index (κ1) is 16.5. The second-order valence-electron chi connectivity index (χ2n) is 6.23. The van der Waals surface area contributed by atoms with Crippen molar-refractivity contribution in [3.8, 4) is 11.4 Å². The number of hydrogen-bond acceptors (Lipinski definition) is 9. The monoisotopic (exact) mass is 378 g/mol. The summed E-state index contributed by atoms with van der Waals surface area (Å²) >= 11 is 0. The second-order valence-corrected chi connectivity index (χ2v) is 6.23. The van der Waals surface area contributed by atoms with Crippen LogP contribution in [0.1, 0.15) is 10.5 Å². The molecule has 1 N–H and O–H groups in total. The highest BCUT2D eigenvalue weighted by Crippen LogP contribution is 2.34. The van der Waals surface area contributed by atoms with E-state index in [-0.39, 0.29) is 11.4 Å². The third-order valence-electron chi connectivity index (χ3n) is 4.51. The van der Waals surface area contributed by atoms with Crippen molar-refractivity contribution in [3.63, 3.8) is 0 Å². The van der Waals surface area contributed by atoms with Crippen LogP contribution >= 0.6 is 0 Å². The molecule has 0 spiro atoms. The third kappa shape index (κ3) is 2.70. The van der Waals surface area contributed by atoms with E-state index in [1.54, 1.807) is 18.5 Å². The quantitative estimate of drug-likeness (QED) is 0.563. The zero-order valence-electron chi connectivity index (χ0n) is 14.6. The van der Waals surface area contributed by atoms with E-state index >= 15 is 0 Å². The molecule has 0 aromatic carbocycles. The van der Waals surface area contributed by atoms with Gasteiger partial charge >= 0.3 is 5.97 Å². The van der Waals surface area contributed by atoms with E-state index < -0.39 is 5.97 Å². The molecule has 0 bridgehead atoms. The number of carboxylic acid groups (broad SMARTS) is 1. The topological polar surface area (TPSA) is 127 Å². The first-order valence-electron chi connectivity index (χ1n) is 8.63. The highest BCUT2D eigenvalue weighted by atomic mass is 16.5. The van der Waals surface area contributed by atoms with Crippen LogP contribution in [0.15, 0.2) is 35.3 Å². The Morgan fingerprint density at radius 3 is 2.61 bits per heavy atom. The zero-order chi connectivity index (χ0) is 19.1. The third-order valence-corrected chi connectivity index (χ3v) is 4.51. The molecule has 10 nitrogen and oxygen atoms in total. The maximum Gasteiger partial charge on any atom is 0.354 e. The lowest BCUT2D eigenvalue weighted by Gasteiger charge is -2.27. The summed E-state index contributed by atoms with van der Waals surface area (Å²) in [5.74, 6) is -0.0504. The fourth-order valence-electron chi connectivity index (χ4n) is 3.16. The van der Waals surface area contributed by atoms with Crippen LogP contribution in [0, 0.1) is 0 Å². The molecule has 1 aliphatic rings. The van der Waals surface area contributed by atoms with Crippen molar-refractivity contribution in [3.05, 3.63) is 36.5 Å². The summed E-state index contributed by atoms with van der Waals surface area (Å²) in [6, 6.07) is 3.08. The van der Waals surface area contributed by atoms with E-state index in [4.69, 9.17) is 9.15 Å². The molecular weight excluding hydrogens is 364 g/mol. The van der Waals surface area contributed by atoms with Gasteiger partial charge in [-0.25, -0.2) is 29.7 Å². The predicted molar refractivity (Wildman–Crippen MR) is 98.1 cm³/mol. The van der Waals surface area contributed by atoms with Crippen LogP contribution in [0.3, 0.4) is 0 Å². The van der Waals surface area contributed by atoms with Gasteiger partial charge in [0.25, 0.3) is 0 Å².